The first-order chi connectivity index (χ1) is 13.8. The van der Waals surface area contributed by atoms with Crippen LogP contribution < -0.4 is 0 Å². The van der Waals surface area contributed by atoms with Crippen molar-refractivity contribution in [2.24, 2.45) is 0 Å². The van der Waals surface area contributed by atoms with E-state index in [1.54, 1.807) is 0 Å². The number of hydrogen-bond acceptors (Lipinski definition) is 1. The number of ketones is 1. The van der Waals surface area contributed by atoms with Gasteiger partial charge in [0.1, 0.15) is 0 Å². The van der Waals surface area contributed by atoms with Crippen molar-refractivity contribution >= 4 is 39.5 Å². The average molecular weight is 360 g/mol. The van der Waals surface area contributed by atoms with E-state index >= 15 is 0 Å². The summed E-state index contributed by atoms with van der Waals surface area (Å²) in [6.07, 6.45) is 5.76. The molecule has 0 aromatic heterocycles. The molecule has 134 valence electrons. The Morgan fingerprint density at radius 2 is 0.964 bits per heavy atom. The van der Waals surface area contributed by atoms with Crippen molar-refractivity contribution in [2.75, 3.05) is 0 Å². The van der Waals surface area contributed by atoms with Crippen LogP contribution in [0.1, 0.15) is 24.0 Å². The third-order valence-electron chi connectivity index (χ3n) is 5.55. The first-order valence-electron chi connectivity index (χ1n) is 9.71. The van der Waals surface area contributed by atoms with Gasteiger partial charge in [0.25, 0.3) is 0 Å². The Morgan fingerprint density at radius 3 is 1.46 bits per heavy atom. The van der Waals surface area contributed by atoms with E-state index in [2.05, 4.69) is 72.8 Å². The molecule has 0 heterocycles. The molecule has 0 amide bonds. The van der Waals surface area contributed by atoms with E-state index in [1.165, 1.54) is 21.5 Å². The lowest BCUT2D eigenvalue weighted by Crippen LogP contribution is -1.96. The van der Waals surface area contributed by atoms with Gasteiger partial charge in [-0.1, -0.05) is 84.9 Å². The van der Waals surface area contributed by atoms with Crippen molar-refractivity contribution in [1.29, 1.82) is 0 Å². The molecule has 0 spiro atoms. The minimum absolute atomic E-state index is 0.181. The third kappa shape index (κ3) is 2.95. The molecule has 1 aliphatic carbocycles. The van der Waals surface area contributed by atoms with Crippen LogP contribution in [-0.4, -0.2) is 5.78 Å². The molecule has 0 bridgehead atoms. The summed E-state index contributed by atoms with van der Waals surface area (Å²) >= 11 is 0. The molecular weight excluding hydrogens is 340 g/mol. The lowest BCUT2D eigenvalue weighted by molar-refractivity contribution is -0.111. The van der Waals surface area contributed by atoms with Gasteiger partial charge < -0.3 is 0 Å². The van der Waals surface area contributed by atoms with Gasteiger partial charge in [-0.05, 0) is 57.7 Å². The molecule has 0 aliphatic heterocycles. The smallest absolute Gasteiger partial charge is 0.185 e. The summed E-state index contributed by atoms with van der Waals surface area (Å²) in [7, 11) is 0. The Bertz CT molecular complexity index is 1160. The van der Waals surface area contributed by atoms with Crippen molar-refractivity contribution in [2.45, 2.75) is 12.8 Å². The average Bonchev–Trinajstić information content (AvgIpc) is 3.08. The molecular formula is C27H20O. The van der Waals surface area contributed by atoms with Gasteiger partial charge in [0.15, 0.2) is 5.78 Å². The molecule has 4 aromatic carbocycles. The molecule has 28 heavy (non-hydrogen) atoms. The SMILES string of the molecule is O=C1C(=Cc2cccc3ccccc23)CC/C1=C\c1cccc2ccccc12. The fraction of sp³-hybridized carbons (Fsp3) is 0.0741. The highest BCUT2D eigenvalue weighted by Crippen LogP contribution is 2.32. The molecule has 4 aromatic rings. The van der Waals surface area contributed by atoms with Crippen LogP contribution in [0.3, 0.4) is 0 Å². The number of hydrogen-bond donors (Lipinski definition) is 0. The summed E-state index contributed by atoms with van der Waals surface area (Å²) in [6.45, 7) is 0. The maximum absolute atomic E-state index is 13.0. The van der Waals surface area contributed by atoms with E-state index in [0.29, 0.717) is 0 Å². The molecule has 1 aliphatic rings. The van der Waals surface area contributed by atoms with Crippen LogP contribution in [-0.2, 0) is 4.79 Å². The summed E-state index contributed by atoms with van der Waals surface area (Å²) in [5.41, 5.74) is 4.05. The molecule has 5 rings (SSSR count). The Kier molecular flexibility index (Phi) is 4.14. The van der Waals surface area contributed by atoms with E-state index in [-0.39, 0.29) is 5.78 Å². The first kappa shape index (κ1) is 16.7. The highest BCUT2D eigenvalue weighted by molar-refractivity contribution is 6.16. The van der Waals surface area contributed by atoms with Crippen molar-refractivity contribution in [3.05, 3.63) is 107 Å². The van der Waals surface area contributed by atoms with E-state index in [9.17, 15) is 4.79 Å². The van der Waals surface area contributed by atoms with Crippen LogP contribution in [0.4, 0.5) is 0 Å². The Morgan fingerprint density at radius 1 is 0.536 bits per heavy atom. The molecule has 1 saturated carbocycles. The minimum Gasteiger partial charge on any atom is -0.289 e. The zero-order chi connectivity index (χ0) is 18.9. The van der Waals surface area contributed by atoms with Crippen LogP contribution in [0.2, 0.25) is 0 Å². The summed E-state index contributed by atoms with van der Waals surface area (Å²) in [4.78, 5) is 13.0. The normalized spacial score (nSPS) is 17.2. The van der Waals surface area contributed by atoms with Crippen molar-refractivity contribution in [1.82, 2.24) is 0 Å². The second kappa shape index (κ2) is 6.94. The molecule has 1 nitrogen and oxygen atoms in total. The monoisotopic (exact) mass is 360 g/mol. The van der Waals surface area contributed by atoms with Crippen molar-refractivity contribution in [3.63, 3.8) is 0 Å². The van der Waals surface area contributed by atoms with Crippen LogP contribution >= 0.6 is 0 Å². The Hall–Kier alpha value is -3.45. The van der Waals surface area contributed by atoms with Gasteiger partial charge in [-0.25, -0.2) is 0 Å². The molecule has 0 radical (unpaired) electrons. The van der Waals surface area contributed by atoms with E-state index in [4.69, 9.17) is 0 Å². The summed E-state index contributed by atoms with van der Waals surface area (Å²) in [6, 6.07) is 29.2. The number of rotatable bonds is 2. The zero-order valence-corrected chi connectivity index (χ0v) is 15.6. The molecule has 0 N–H and O–H groups in total. The van der Waals surface area contributed by atoms with Crippen LogP contribution in [0.25, 0.3) is 33.7 Å². The number of carbonyl (C=O) groups is 1. The molecule has 0 atom stereocenters. The summed E-state index contributed by atoms with van der Waals surface area (Å²) in [5.74, 6) is 0.181. The number of allylic oxidation sites excluding steroid dienone is 2. The molecule has 0 unspecified atom stereocenters. The summed E-state index contributed by atoms with van der Waals surface area (Å²) < 4.78 is 0. The first-order valence-corrected chi connectivity index (χ1v) is 9.71. The highest BCUT2D eigenvalue weighted by Gasteiger charge is 2.23. The largest absolute Gasteiger partial charge is 0.289 e. The van der Waals surface area contributed by atoms with Gasteiger partial charge >= 0.3 is 0 Å². The third-order valence-corrected chi connectivity index (χ3v) is 5.55. The highest BCUT2D eigenvalue weighted by atomic mass is 16.1. The zero-order valence-electron chi connectivity index (χ0n) is 15.6. The van der Waals surface area contributed by atoms with Crippen molar-refractivity contribution < 1.29 is 4.79 Å². The molecule has 1 fully saturated rings. The number of benzene rings is 4. The number of carbonyl (C=O) groups excluding carboxylic acids is 1. The van der Waals surface area contributed by atoms with Gasteiger partial charge in [0, 0.05) is 11.1 Å². The predicted molar refractivity (Wildman–Crippen MR) is 118 cm³/mol. The Balaban J connectivity index is 1.53. The lowest BCUT2D eigenvalue weighted by Gasteiger charge is -2.04. The topological polar surface area (TPSA) is 17.1 Å². The van der Waals surface area contributed by atoms with E-state index in [0.717, 1.165) is 35.1 Å². The number of fused-ring (bicyclic) bond motifs is 2. The Labute approximate surface area is 164 Å². The van der Waals surface area contributed by atoms with Gasteiger partial charge in [0.2, 0.25) is 0 Å². The molecule has 1 heteroatoms. The fourth-order valence-electron chi connectivity index (χ4n) is 4.11. The maximum Gasteiger partial charge on any atom is 0.185 e. The van der Waals surface area contributed by atoms with Gasteiger partial charge in [0.05, 0.1) is 0 Å². The van der Waals surface area contributed by atoms with Crippen LogP contribution in [0.15, 0.2) is 96.1 Å². The van der Waals surface area contributed by atoms with Crippen LogP contribution in [0, 0.1) is 0 Å². The second-order valence-corrected chi connectivity index (χ2v) is 7.31. The summed E-state index contributed by atoms with van der Waals surface area (Å²) in [5, 5.41) is 4.79. The van der Waals surface area contributed by atoms with Crippen LogP contribution in [0.5, 0.6) is 0 Å². The van der Waals surface area contributed by atoms with E-state index < -0.39 is 0 Å². The molecule has 0 saturated heterocycles. The maximum atomic E-state index is 13.0. The van der Waals surface area contributed by atoms with Crippen molar-refractivity contribution in [3.8, 4) is 0 Å². The number of Topliss-reactive ketones (excluding diaryl/α,β-unsaturated/α-hetero) is 1. The van der Waals surface area contributed by atoms with E-state index in [1.807, 2.05) is 24.3 Å². The van der Waals surface area contributed by atoms with Gasteiger partial charge in [-0.15, -0.1) is 0 Å². The van der Waals surface area contributed by atoms with Gasteiger partial charge in [-0.3, -0.25) is 4.79 Å². The second-order valence-electron chi connectivity index (χ2n) is 7.31. The fourth-order valence-corrected chi connectivity index (χ4v) is 4.11. The standard InChI is InChI=1S/C27H20O/c28-27-23(17-21-11-5-9-19-7-1-3-13-25(19)21)15-16-24(27)18-22-12-6-10-20-8-2-4-14-26(20)22/h1-14,17-18H,15-16H2/b23-17+,24-18?. The van der Waals surface area contributed by atoms with Gasteiger partial charge in [-0.2, -0.15) is 0 Å². The lowest BCUT2D eigenvalue weighted by atomic mass is 10.00. The predicted octanol–water partition coefficient (Wildman–Crippen LogP) is 6.82. The minimum atomic E-state index is 0.181. The quantitative estimate of drug-likeness (QED) is 0.358.